The van der Waals surface area contributed by atoms with E-state index in [9.17, 15) is 0 Å². The van der Waals surface area contributed by atoms with Crippen LogP contribution in [-0.4, -0.2) is 33.3 Å². The molecule has 0 amide bonds. The van der Waals surface area contributed by atoms with Gasteiger partial charge in [-0.1, -0.05) is 22.0 Å². The molecule has 0 atom stereocenters. The average Bonchev–Trinajstić information content (AvgIpc) is 3.24. The second kappa shape index (κ2) is 11.3. The molecule has 1 aromatic carbocycles. The zero-order chi connectivity index (χ0) is 19.8. The third kappa shape index (κ3) is 5.18. The maximum Gasteiger partial charge on any atom is 0.132 e. The lowest BCUT2D eigenvalue weighted by Crippen LogP contribution is -2.27. The summed E-state index contributed by atoms with van der Waals surface area (Å²) in [5.74, 6) is 0.928. The molecule has 1 saturated heterocycles. The van der Waals surface area contributed by atoms with Gasteiger partial charge < -0.3 is 11.1 Å². The highest BCUT2D eigenvalue weighted by molar-refractivity contribution is 9.10. The van der Waals surface area contributed by atoms with Gasteiger partial charge in [-0.2, -0.15) is 5.10 Å². The van der Waals surface area contributed by atoms with E-state index in [4.69, 9.17) is 5.73 Å². The molecule has 4 N–H and O–H groups in total. The van der Waals surface area contributed by atoms with Gasteiger partial charge in [0.2, 0.25) is 0 Å². The zero-order valence-electron chi connectivity index (χ0n) is 17.0. The largest absolute Gasteiger partial charge is 0.383 e. The van der Waals surface area contributed by atoms with Crippen LogP contribution in [-0.2, 0) is 0 Å². The number of H-pyrrole nitrogens is 1. The smallest absolute Gasteiger partial charge is 0.132 e. The second-order valence-electron chi connectivity index (χ2n) is 7.43. The Kier molecular flexibility index (Phi) is 9.30. The number of nitrogen functional groups attached to an aromatic ring is 1. The second-order valence-corrected chi connectivity index (χ2v) is 8.34. The molecule has 5 rings (SSSR count). The van der Waals surface area contributed by atoms with Gasteiger partial charge in [0.15, 0.2) is 0 Å². The maximum absolute atomic E-state index is 6.24. The van der Waals surface area contributed by atoms with E-state index in [0.29, 0.717) is 11.7 Å². The van der Waals surface area contributed by atoms with Crippen molar-refractivity contribution in [3.05, 3.63) is 59.1 Å². The molecule has 170 valence electrons. The summed E-state index contributed by atoms with van der Waals surface area (Å²) in [5.41, 5.74) is 11.1. The Morgan fingerprint density at radius 1 is 0.906 bits per heavy atom. The van der Waals surface area contributed by atoms with Gasteiger partial charge in [0.05, 0.1) is 11.4 Å². The molecule has 1 fully saturated rings. The molecule has 1 aliphatic rings. The lowest BCUT2D eigenvalue weighted by atomic mass is 9.90. The van der Waals surface area contributed by atoms with Crippen LogP contribution in [0.15, 0.2) is 53.4 Å². The van der Waals surface area contributed by atoms with Gasteiger partial charge in [0.25, 0.3) is 0 Å². The van der Waals surface area contributed by atoms with Crippen LogP contribution in [0.4, 0.5) is 5.82 Å². The molecule has 0 saturated carbocycles. The minimum Gasteiger partial charge on any atom is -0.383 e. The predicted molar refractivity (Wildman–Crippen MR) is 141 cm³/mol. The van der Waals surface area contributed by atoms with E-state index in [1.807, 2.05) is 30.7 Å². The summed E-state index contributed by atoms with van der Waals surface area (Å²) in [5, 5.41) is 13.2. The molecule has 0 unspecified atom stereocenters. The molecule has 1 aliphatic heterocycles. The number of halogens is 4. The topological polar surface area (TPSA) is 92.5 Å². The monoisotopic (exact) mass is 556 g/mol. The van der Waals surface area contributed by atoms with Crippen molar-refractivity contribution in [1.29, 1.82) is 0 Å². The lowest BCUT2D eigenvalue weighted by molar-refractivity contribution is 0.453. The van der Waals surface area contributed by atoms with Crippen molar-refractivity contribution in [2.24, 2.45) is 0 Å². The number of fused-ring (bicyclic) bond motifs is 1. The number of aromatic amines is 1. The van der Waals surface area contributed by atoms with E-state index in [0.717, 1.165) is 69.3 Å². The van der Waals surface area contributed by atoms with E-state index in [1.54, 1.807) is 0 Å². The third-order valence-corrected chi connectivity index (χ3v) is 6.08. The highest BCUT2D eigenvalue weighted by Gasteiger charge is 2.22. The summed E-state index contributed by atoms with van der Waals surface area (Å²) in [6.45, 7) is 2.05. The molecule has 0 radical (unpaired) electrons. The molecule has 4 heterocycles. The van der Waals surface area contributed by atoms with Crippen molar-refractivity contribution in [3.8, 4) is 22.4 Å². The van der Waals surface area contributed by atoms with Crippen LogP contribution < -0.4 is 11.1 Å². The molecule has 0 bridgehead atoms. The SMILES string of the molecule is Cl.Cl.Cl.Nc1ncc(-c2c[nH]nc2C2CCNCC2)cc1-c1cc2cc(Br)ccc2cn1. The summed E-state index contributed by atoms with van der Waals surface area (Å²) < 4.78 is 1.03. The van der Waals surface area contributed by atoms with Crippen LogP contribution in [0.1, 0.15) is 24.5 Å². The quantitative estimate of drug-likeness (QED) is 0.297. The van der Waals surface area contributed by atoms with Gasteiger partial charge in [-0.25, -0.2) is 4.98 Å². The first-order chi connectivity index (χ1) is 14.2. The fraction of sp³-hybridized carbons (Fsp3) is 0.227. The fourth-order valence-corrected chi connectivity index (χ4v) is 4.40. The number of benzene rings is 1. The molecule has 32 heavy (non-hydrogen) atoms. The Labute approximate surface area is 213 Å². The van der Waals surface area contributed by atoms with Crippen LogP contribution in [0.25, 0.3) is 33.2 Å². The van der Waals surface area contributed by atoms with Gasteiger partial charge >= 0.3 is 0 Å². The van der Waals surface area contributed by atoms with E-state index >= 15 is 0 Å². The Morgan fingerprint density at radius 3 is 2.47 bits per heavy atom. The maximum atomic E-state index is 6.24. The number of aromatic nitrogens is 4. The summed E-state index contributed by atoms with van der Waals surface area (Å²) in [6.07, 6.45) is 7.84. The molecule has 3 aromatic heterocycles. The predicted octanol–water partition coefficient (Wildman–Crippen LogP) is 5.76. The molecule has 10 heteroatoms. The number of piperidine rings is 1. The van der Waals surface area contributed by atoms with E-state index in [2.05, 4.69) is 59.6 Å². The number of nitrogens with two attached hydrogens (primary N) is 1. The molecule has 4 aromatic rings. The minimum atomic E-state index is 0. The van der Waals surface area contributed by atoms with Gasteiger partial charge in [0, 0.05) is 51.1 Å². The van der Waals surface area contributed by atoms with Crippen molar-refractivity contribution < 1.29 is 0 Å². The Balaban J connectivity index is 0.00000121. The van der Waals surface area contributed by atoms with Crippen molar-refractivity contribution in [2.75, 3.05) is 18.8 Å². The van der Waals surface area contributed by atoms with Crippen molar-refractivity contribution in [2.45, 2.75) is 18.8 Å². The first-order valence-electron chi connectivity index (χ1n) is 9.75. The van der Waals surface area contributed by atoms with E-state index < -0.39 is 0 Å². The van der Waals surface area contributed by atoms with E-state index in [-0.39, 0.29) is 37.2 Å². The molecular weight excluding hydrogens is 535 g/mol. The summed E-state index contributed by atoms with van der Waals surface area (Å²) >= 11 is 3.54. The molecular formula is C22H24BrCl3N6. The van der Waals surface area contributed by atoms with Gasteiger partial charge in [0.1, 0.15) is 5.82 Å². The van der Waals surface area contributed by atoms with Crippen LogP contribution in [0.2, 0.25) is 0 Å². The summed E-state index contributed by atoms with van der Waals surface area (Å²) in [4.78, 5) is 9.11. The molecule has 0 spiro atoms. The molecule has 6 nitrogen and oxygen atoms in total. The number of hydrogen-bond acceptors (Lipinski definition) is 5. The first kappa shape index (κ1) is 26.4. The normalized spacial score (nSPS) is 13.7. The number of pyridine rings is 2. The van der Waals surface area contributed by atoms with Crippen LogP contribution in [0.5, 0.6) is 0 Å². The number of anilines is 1. The van der Waals surface area contributed by atoms with Crippen LogP contribution in [0, 0.1) is 0 Å². The van der Waals surface area contributed by atoms with Crippen molar-refractivity contribution in [3.63, 3.8) is 0 Å². The van der Waals surface area contributed by atoms with Crippen LogP contribution >= 0.6 is 53.2 Å². The van der Waals surface area contributed by atoms with Crippen LogP contribution in [0.3, 0.4) is 0 Å². The van der Waals surface area contributed by atoms with Gasteiger partial charge in [-0.05, 0) is 55.6 Å². The number of rotatable bonds is 3. The minimum absolute atomic E-state index is 0. The molecule has 0 aliphatic carbocycles. The van der Waals surface area contributed by atoms with E-state index in [1.165, 1.54) is 0 Å². The Bertz CT molecular complexity index is 1190. The highest BCUT2D eigenvalue weighted by atomic mass is 79.9. The fourth-order valence-electron chi connectivity index (χ4n) is 4.03. The Hall–Kier alpha value is -1.90. The van der Waals surface area contributed by atoms with Crippen molar-refractivity contribution in [1.82, 2.24) is 25.5 Å². The Morgan fingerprint density at radius 2 is 1.69 bits per heavy atom. The summed E-state index contributed by atoms with van der Waals surface area (Å²) in [7, 11) is 0. The summed E-state index contributed by atoms with van der Waals surface area (Å²) in [6, 6.07) is 10.3. The highest BCUT2D eigenvalue weighted by Crippen LogP contribution is 2.35. The zero-order valence-corrected chi connectivity index (χ0v) is 21.1. The average molecular weight is 559 g/mol. The first-order valence-corrected chi connectivity index (χ1v) is 10.5. The standard InChI is InChI=1S/C22H21BrN6.3ClH/c23-17-2-1-14-10-26-20(9-15(14)7-17)18-8-16(11-27-22(18)24)19-12-28-29-21(19)13-3-5-25-6-4-13;;;/h1-2,7-13,25H,3-6H2,(H2,24,27)(H,28,29);3*1H. The third-order valence-electron chi connectivity index (χ3n) is 5.58. The lowest BCUT2D eigenvalue weighted by Gasteiger charge is -2.22. The number of nitrogens with zero attached hydrogens (tertiary/aromatic N) is 3. The number of nitrogens with one attached hydrogen (secondary N) is 2. The van der Waals surface area contributed by atoms with Gasteiger partial charge in [-0.3, -0.25) is 10.1 Å². The van der Waals surface area contributed by atoms with Crippen molar-refractivity contribution >= 4 is 69.7 Å². The van der Waals surface area contributed by atoms with Gasteiger partial charge in [-0.15, -0.1) is 37.2 Å². The number of hydrogen-bond donors (Lipinski definition) is 3.